The molecule has 2 amide bonds. The number of nitrogens with zero attached hydrogens (tertiary/aromatic N) is 4. The van der Waals surface area contributed by atoms with Gasteiger partial charge in [0.05, 0.1) is 17.8 Å². The lowest BCUT2D eigenvalue weighted by atomic mass is 9.94. The van der Waals surface area contributed by atoms with Crippen molar-refractivity contribution in [3.05, 3.63) is 48.3 Å². The van der Waals surface area contributed by atoms with E-state index >= 15 is 0 Å². The summed E-state index contributed by atoms with van der Waals surface area (Å²) < 4.78 is 1.65. The van der Waals surface area contributed by atoms with Crippen LogP contribution in [0.2, 0.25) is 0 Å². The van der Waals surface area contributed by atoms with Crippen LogP contribution in [0, 0.1) is 5.92 Å². The number of carbonyl (C=O) groups excluding carboxylic acids is 2. The molecule has 1 aliphatic rings. The van der Waals surface area contributed by atoms with Gasteiger partial charge in [0.1, 0.15) is 6.54 Å². The number of amides is 2. The van der Waals surface area contributed by atoms with Crippen LogP contribution in [0.1, 0.15) is 18.5 Å². The van der Waals surface area contributed by atoms with Crippen molar-refractivity contribution in [2.75, 3.05) is 24.5 Å². The van der Waals surface area contributed by atoms with E-state index in [0.717, 1.165) is 11.3 Å². The van der Waals surface area contributed by atoms with E-state index in [2.05, 4.69) is 5.10 Å². The lowest BCUT2D eigenvalue weighted by molar-refractivity contribution is -0.140. The van der Waals surface area contributed by atoms with Gasteiger partial charge >= 0.3 is 0 Å². The first-order valence-corrected chi connectivity index (χ1v) is 8.35. The van der Waals surface area contributed by atoms with Gasteiger partial charge in [0.25, 0.3) is 0 Å². The van der Waals surface area contributed by atoms with Crippen molar-refractivity contribution in [2.45, 2.75) is 13.0 Å². The van der Waals surface area contributed by atoms with Crippen molar-refractivity contribution in [1.82, 2.24) is 14.7 Å². The summed E-state index contributed by atoms with van der Waals surface area (Å²) in [6.45, 7) is 2.84. The van der Waals surface area contributed by atoms with E-state index in [1.807, 2.05) is 37.3 Å². The molecule has 7 nitrogen and oxygen atoms in total. The van der Waals surface area contributed by atoms with Gasteiger partial charge in [-0.15, -0.1) is 12.4 Å². The molecule has 140 valence electrons. The second-order valence-electron chi connectivity index (χ2n) is 6.40. The molecular formula is C18H24ClN5O2. The molecule has 2 unspecified atom stereocenters. The summed E-state index contributed by atoms with van der Waals surface area (Å²) in [7, 11) is 1.81. The number of aryl methyl sites for hydroxylation is 1. The Morgan fingerprint density at radius 1 is 1.23 bits per heavy atom. The van der Waals surface area contributed by atoms with Crippen molar-refractivity contribution >= 4 is 29.9 Å². The van der Waals surface area contributed by atoms with E-state index < -0.39 is 0 Å². The number of nitrogens with two attached hydrogens (primary N) is 1. The fraction of sp³-hybridized carbons (Fsp3) is 0.389. The highest BCUT2D eigenvalue weighted by Gasteiger charge is 2.33. The van der Waals surface area contributed by atoms with E-state index in [1.165, 1.54) is 0 Å². The molecule has 8 heteroatoms. The van der Waals surface area contributed by atoms with Gasteiger partial charge in [-0.3, -0.25) is 14.3 Å². The predicted octanol–water partition coefficient (Wildman–Crippen LogP) is 1.35. The minimum atomic E-state index is -0.389. The molecule has 0 radical (unpaired) electrons. The smallest absolute Gasteiger partial charge is 0.246 e. The predicted molar refractivity (Wildman–Crippen MR) is 102 cm³/mol. The summed E-state index contributed by atoms with van der Waals surface area (Å²) in [5.74, 6) is -0.580. The number of hydrogen-bond donors (Lipinski definition) is 1. The fourth-order valence-corrected chi connectivity index (χ4v) is 3.09. The summed E-state index contributed by atoms with van der Waals surface area (Å²) in [6, 6.07) is 9.17. The maximum absolute atomic E-state index is 12.8. The highest BCUT2D eigenvalue weighted by molar-refractivity contribution is 5.98. The summed E-state index contributed by atoms with van der Waals surface area (Å²) in [5.41, 5.74) is 7.93. The second kappa shape index (κ2) is 8.33. The third kappa shape index (κ3) is 4.05. The van der Waals surface area contributed by atoms with Crippen LogP contribution >= 0.6 is 12.4 Å². The molecule has 1 aromatic carbocycles. The van der Waals surface area contributed by atoms with E-state index in [4.69, 9.17) is 5.73 Å². The molecule has 0 spiro atoms. The molecule has 26 heavy (non-hydrogen) atoms. The molecule has 0 saturated carbocycles. The van der Waals surface area contributed by atoms with Gasteiger partial charge in [0.15, 0.2) is 0 Å². The molecule has 2 heterocycles. The first-order valence-electron chi connectivity index (χ1n) is 8.35. The van der Waals surface area contributed by atoms with Gasteiger partial charge in [-0.1, -0.05) is 37.3 Å². The SMILES string of the molecule is CC(C(=O)N1CCN(c2cnn(C)c2)C(=O)C1)C(N)c1ccccc1.Cl. The molecule has 1 aromatic heterocycles. The Labute approximate surface area is 159 Å². The van der Waals surface area contributed by atoms with Crippen LogP contribution in [-0.2, 0) is 16.6 Å². The number of piperazine rings is 1. The minimum Gasteiger partial charge on any atom is -0.331 e. The first kappa shape index (κ1) is 19.9. The third-order valence-electron chi connectivity index (χ3n) is 4.65. The molecule has 2 N–H and O–H groups in total. The van der Waals surface area contributed by atoms with Gasteiger partial charge < -0.3 is 15.5 Å². The standard InChI is InChI=1S/C18H23N5O2.ClH/c1-13(17(19)14-6-4-3-5-7-14)18(25)22-8-9-23(16(24)12-22)15-10-20-21(2)11-15;/h3-7,10-11,13,17H,8-9,12,19H2,1-2H3;1H. The van der Waals surface area contributed by atoms with Crippen LogP contribution in [0.5, 0.6) is 0 Å². The van der Waals surface area contributed by atoms with E-state index in [0.29, 0.717) is 13.1 Å². The summed E-state index contributed by atoms with van der Waals surface area (Å²) in [6.07, 6.45) is 3.45. The van der Waals surface area contributed by atoms with Crippen LogP contribution in [0.4, 0.5) is 5.69 Å². The van der Waals surface area contributed by atoms with Crippen LogP contribution < -0.4 is 10.6 Å². The van der Waals surface area contributed by atoms with Crippen molar-refractivity contribution < 1.29 is 9.59 Å². The van der Waals surface area contributed by atoms with E-state index in [-0.39, 0.29) is 42.7 Å². The second-order valence-corrected chi connectivity index (χ2v) is 6.40. The maximum atomic E-state index is 12.8. The normalized spacial score (nSPS) is 16.8. The quantitative estimate of drug-likeness (QED) is 0.871. The number of hydrogen-bond acceptors (Lipinski definition) is 4. The van der Waals surface area contributed by atoms with Gasteiger partial charge in [0, 0.05) is 32.4 Å². The maximum Gasteiger partial charge on any atom is 0.246 e. The van der Waals surface area contributed by atoms with Crippen molar-refractivity contribution in [3.63, 3.8) is 0 Å². The molecule has 0 aliphatic carbocycles. The zero-order chi connectivity index (χ0) is 18.0. The average Bonchev–Trinajstić information content (AvgIpc) is 3.06. The topological polar surface area (TPSA) is 84.5 Å². The van der Waals surface area contributed by atoms with Gasteiger partial charge in [0.2, 0.25) is 11.8 Å². The Morgan fingerprint density at radius 2 is 1.92 bits per heavy atom. The van der Waals surface area contributed by atoms with Crippen LogP contribution in [0.3, 0.4) is 0 Å². The third-order valence-corrected chi connectivity index (χ3v) is 4.65. The monoisotopic (exact) mass is 377 g/mol. The number of carbonyl (C=O) groups is 2. The molecule has 1 aliphatic heterocycles. The Hall–Kier alpha value is -2.38. The van der Waals surface area contributed by atoms with Crippen LogP contribution in [-0.4, -0.2) is 46.1 Å². The van der Waals surface area contributed by atoms with Gasteiger partial charge in [-0.25, -0.2) is 0 Å². The Balaban J connectivity index is 0.00000243. The minimum absolute atomic E-state index is 0. The van der Waals surface area contributed by atoms with Gasteiger partial charge in [-0.05, 0) is 5.56 Å². The highest BCUT2D eigenvalue weighted by Crippen LogP contribution is 2.23. The van der Waals surface area contributed by atoms with E-state index in [1.54, 1.807) is 33.9 Å². The van der Waals surface area contributed by atoms with Crippen LogP contribution in [0.25, 0.3) is 0 Å². The van der Waals surface area contributed by atoms with Crippen molar-refractivity contribution in [1.29, 1.82) is 0 Å². The lowest BCUT2D eigenvalue weighted by Gasteiger charge is -2.35. The summed E-state index contributed by atoms with van der Waals surface area (Å²) >= 11 is 0. The molecule has 1 fully saturated rings. The molecule has 2 aromatic rings. The number of aromatic nitrogens is 2. The Morgan fingerprint density at radius 3 is 2.50 bits per heavy atom. The highest BCUT2D eigenvalue weighted by atomic mass is 35.5. The zero-order valence-corrected chi connectivity index (χ0v) is 15.7. The largest absolute Gasteiger partial charge is 0.331 e. The molecule has 1 saturated heterocycles. The van der Waals surface area contributed by atoms with Gasteiger partial charge in [-0.2, -0.15) is 5.10 Å². The first-order chi connectivity index (χ1) is 12.0. The number of halogens is 1. The summed E-state index contributed by atoms with van der Waals surface area (Å²) in [4.78, 5) is 28.5. The van der Waals surface area contributed by atoms with E-state index in [9.17, 15) is 9.59 Å². The summed E-state index contributed by atoms with van der Waals surface area (Å²) in [5, 5.41) is 4.09. The van der Waals surface area contributed by atoms with Crippen molar-refractivity contribution in [3.8, 4) is 0 Å². The molecule has 0 bridgehead atoms. The van der Waals surface area contributed by atoms with Crippen molar-refractivity contribution in [2.24, 2.45) is 18.7 Å². The zero-order valence-electron chi connectivity index (χ0n) is 14.9. The number of rotatable bonds is 4. The fourth-order valence-electron chi connectivity index (χ4n) is 3.09. The lowest BCUT2D eigenvalue weighted by Crippen LogP contribution is -2.54. The molecule has 2 atom stereocenters. The molecule has 3 rings (SSSR count). The Kier molecular flexibility index (Phi) is 6.39. The van der Waals surface area contributed by atoms with Crippen LogP contribution in [0.15, 0.2) is 42.7 Å². The number of benzene rings is 1. The molecular weight excluding hydrogens is 354 g/mol. The Bertz CT molecular complexity index is 764. The number of anilines is 1. The average molecular weight is 378 g/mol.